The van der Waals surface area contributed by atoms with Gasteiger partial charge in [-0.25, -0.2) is 0 Å². The molecule has 88 valence electrons. The van der Waals surface area contributed by atoms with E-state index in [1.807, 2.05) is 25.1 Å². The zero-order valence-electron chi connectivity index (χ0n) is 10.9. The van der Waals surface area contributed by atoms with Crippen LogP contribution in [0, 0.1) is 17.4 Å². The Bertz CT molecular complexity index is 508. The minimum Gasteiger partial charge on any atom is -0.251 e. The predicted octanol–water partition coefficient (Wildman–Crippen LogP) is 3.81. The summed E-state index contributed by atoms with van der Waals surface area (Å²) in [7, 11) is 0. The number of rotatable bonds is 1. The molecule has 0 unspecified atom stereocenters. The quantitative estimate of drug-likeness (QED) is 0.681. The Labute approximate surface area is 103 Å². The van der Waals surface area contributed by atoms with Gasteiger partial charge in [0.2, 0.25) is 0 Å². The Morgan fingerprint density at radius 2 is 2.00 bits per heavy atom. The van der Waals surface area contributed by atoms with Crippen LogP contribution in [0.5, 0.6) is 0 Å². The first-order valence-electron chi connectivity index (χ1n) is 6.03. The summed E-state index contributed by atoms with van der Waals surface area (Å²) in [4.78, 5) is 1.76. The maximum Gasteiger partial charge on any atom is 0.189 e. The maximum atomic E-state index is 9.36. The number of nitriles is 1. The van der Waals surface area contributed by atoms with E-state index in [0.717, 1.165) is 11.4 Å². The Kier molecular flexibility index (Phi) is 2.71. The number of para-hydroxylation sites is 1. The summed E-state index contributed by atoms with van der Waals surface area (Å²) < 4.78 is 0. The number of nitrogens with zero attached hydrogens (tertiary/aromatic N) is 2. The summed E-state index contributed by atoms with van der Waals surface area (Å²) in [6.07, 6.45) is 4.35. The zero-order chi connectivity index (χ0) is 12.6. The first-order chi connectivity index (χ1) is 8.07. The van der Waals surface area contributed by atoms with Gasteiger partial charge in [0, 0.05) is 11.1 Å². The molecule has 1 aliphatic heterocycles. The third-order valence-electron chi connectivity index (χ3n) is 4.01. The SMILES string of the molecule is C/C=C1/N(C#N)c2ccccc2[C@@]1(C)C(C)C. The van der Waals surface area contributed by atoms with E-state index in [-0.39, 0.29) is 5.41 Å². The topological polar surface area (TPSA) is 27.0 Å². The van der Waals surface area contributed by atoms with Gasteiger partial charge in [0.25, 0.3) is 0 Å². The Morgan fingerprint density at radius 3 is 2.53 bits per heavy atom. The van der Waals surface area contributed by atoms with Gasteiger partial charge < -0.3 is 0 Å². The van der Waals surface area contributed by atoms with E-state index in [9.17, 15) is 5.26 Å². The van der Waals surface area contributed by atoms with Crippen LogP contribution in [0.4, 0.5) is 5.69 Å². The summed E-state index contributed by atoms with van der Waals surface area (Å²) in [6, 6.07) is 8.20. The molecule has 2 heteroatoms. The average Bonchev–Trinajstić information content (AvgIpc) is 2.59. The summed E-state index contributed by atoms with van der Waals surface area (Å²) in [6.45, 7) is 8.65. The van der Waals surface area contributed by atoms with Crippen LogP contribution < -0.4 is 4.90 Å². The lowest BCUT2D eigenvalue weighted by Crippen LogP contribution is -2.31. The molecule has 0 spiro atoms. The number of hydrogen-bond acceptors (Lipinski definition) is 2. The third kappa shape index (κ3) is 1.39. The highest BCUT2D eigenvalue weighted by Gasteiger charge is 2.45. The molecular formula is C15H18N2. The van der Waals surface area contributed by atoms with Crippen molar-refractivity contribution in [3.63, 3.8) is 0 Å². The van der Waals surface area contributed by atoms with Gasteiger partial charge >= 0.3 is 0 Å². The fraction of sp³-hybridized carbons (Fsp3) is 0.400. The highest BCUT2D eigenvalue weighted by atomic mass is 15.2. The van der Waals surface area contributed by atoms with E-state index in [2.05, 4.69) is 39.1 Å². The Hall–Kier alpha value is -1.75. The maximum absolute atomic E-state index is 9.36. The van der Waals surface area contributed by atoms with E-state index < -0.39 is 0 Å². The lowest BCUT2D eigenvalue weighted by Gasteiger charge is -2.31. The Balaban J connectivity index is 2.74. The molecule has 0 amide bonds. The molecule has 0 N–H and O–H groups in total. The van der Waals surface area contributed by atoms with Gasteiger partial charge in [-0.05, 0) is 31.4 Å². The molecule has 1 aromatic rings. The van der Waals surface area contributed by atoms with Gasteiger partial charge in [-0.15, -0.1) is 0 Å². The van der Waals surface area contributed by atoms with Crippen molar-refractivity contribution in [2.75, 3.05) is 4.90 Å². The van der Waals surface area contributed by atoms with Gasteiger partial charge in [-0.3, -0.25) is 4.90 Å². The highest BCUT2D eigenvalue weighted by Crippen LogP contribution is 2.51. The van der Waals surface area contributed by atoms with Crippen LogP contribution in [0.2, 0.25) is 0 Å². The molecule has 0 bridgehead atoms. The first-order valence-corrected chi connectivity index (χ1v) is 6.03. The lowest BCUT2D eigenvalue weighted by molar-refractivity contribution is 0.407. The molecule has 1 aromatic carbocycles. The number of fused-ring (bicyclic) bond motifs is 1. The van der Waals surface area contributed by atoms with Gasteiger partial charge in [-0.1, -0.05) is 38.1 Å². The normalized spacial score (nSPS) is 25.2. The van der Waals surface area contributed by atoms with E-state index in [1.165, 1.54) is 5.56 Å². The van der Waals surface area contributed by atoms with Crippen molar-refractivity contribution in [1.82, 2.24) is 0 Å². The second kappa shape index (κ2) is 3.92. The van der Waals surface area contributed by atoms with Crippen LogP contribution in [-0.4, -0.2) is 0 Å². The van der Waals surface area contributed by atoms with Crippen molar-refractivity contribution in [2.45, 2.75) is 33.1 Å². The van der Waals surface area contributed by atoms with Gasteiger partial charge in [0.15, 0.2) is 6.19 Å². The molecule has 1 aliphatic rings. The van der Waals surface area contributed by atoms with E-state index >= 15 is 0 Å². The minimum absolute atomic E-state index is 0.0684. The molecule has 17 heavy (non-hydrogen) atoms. The molecule has 0 aliphatic carbocycles. The van der Waals surface area contributed by atoms with Gasteiger partial charge in [0.05, 0.1) is 5.69 Å². The summed E-state index contributed by atoms with van der Waals surface area (Å²) in [5, 5.41) is 9.36. The van der Waals surface area contributed by atoms with Crippen molar-refractivity contribution in [2.24, 2.45) is 5.92 Å². The van der Waals surface area contributed by atoms with Crippen molar-refractivity contribution < 1.29 is 0 Å². The van der Waals surface area contributed by atoms with Crippen LogP contribution in [0.1, 0.15) is 33.3 Å². The smallest absolute Gasteiger partial charge is 0.189 e. The van der Waals surface area contributed by atoms with Crippen molar-refractivity contribution >= 4 is 5.69 Å². The molecule has 0 aromatic heterocycles. The van der Waals surface area contributed by atoms with Crippen LogP contribution in [-0.2, 0) is 5.41 Å². The lowest BCUT2D eigenvalue weighted by atomic mass is 9.72. The fourth-order valence-corrected chi connectivity index (χ4v) is 2.75. The number of hydrogen-bond donors (Lipinski definition) is 0. The molecule has 1 heterocycles. The second-order valence-corrected chi connectivity index (χ2v) is 4.98. The molecule has 0 fully saturated rings. The van der Waals surface area contributed by atoms with Crippen LogP contribution in [0.25, 0.3) is 0 Å². The third-order valence-corrected chi connectivity index (χ3v) is 4.01. The van der Waals surface area contributed by atoms with Crippen LogP contribution >= 0.6 is 0 Å². The zero-order valence-corrected chi connectivity index (χ0v) is 10.9. The molecule has 2 nitrogen and oxygen atoms in total. The summed E-state index contributed by atoms with van der Waals surface area (Å²) in [5.41, 5.74) is 3.31. The largest absolute Gasteiger partial charge is 0.251 e. The average molecular weight is 226 g/mol. The number of anilines is 1. The second-order valence-electron chi connectivity index (χ2n) is 4.98. The predicted molar refractivity (Wildman–Crippen MR) is 70.5 cm³/mol. The fourth-order valence-electron chi connectivity index (χ4n) is 2.75. The standard InChI is InChI=1S/C15H18N2/c1-5-14-15(4,11(2)3)12-8-6-7-9-13(12)17(14)10-16/h5-9,11H,1-4H3/b14-5+/t15-/m1/s1. The number of allylic oxidation sites excluding steroid dienone is 2. The number of benzene rings is 1. The molecular weight excluding hydrogens is 208 g/mol. The molecule has 0 radical (unpaired) electrons. The summed E-state index contributed by atoms with van der Waals surface area (Å²) >= 11 is 0. The first kappa shape index (κ1) is 11.7. The Morgan fingerprint density at radius 1 is 1.35 bits per heavy atom. The van der Waals surface area contributed by atoms with Crippen LogP contribution in [0.15, 0.2) is 36.0 Å². The van der Waals surface area contributed by atoms with Crippen molar-refractivity contribution in [3.8, 4) is 6.19 Å². The highest BCUT2D eigenvalue weighted by molar-refractivity contribution is 5.73. The van der Waals surface area contributed by atoms with E-state index in [1.54, 1.807) is 4.90 Å². The van der Waals surface area contributed by atoms with Crippen molar-refractivity contribution in [1.29, 1.82) is 5.26 Å². The molecule has 0 saturated carbocycles. The van der Waals surface area contributed by atoms with Gasteiger partial charge in [0.1, 0.15) is 0 Å². The summed E-state index contributed by atoms with van der Waals surface area (Å²) in [5.74, 6) is 0.452. The van der Waals surface area contributed by atoms with Crippen LogP contribution in [0.3, 0.4) is 0 Å². The van der Waals surface area contributed by atoms with E-state index in [4.69, 9.17) is 0 Å². The van der Waals surface area contributed by atoms with Gasteiger partial charge in [-0.2, -0.15) is 5.26 Å². The van der Waals surface area contributed by atoms with Crippen molar-refractivity contribution in [3.05, 3.63) is 41.6 Å². The monoisotopic (exact) mass is 226 g/mol. The minimum atomic E-state index is -0.0684. The molecule has 2 rings (SSSR count). The van der Waals surface area contributed by atoms with E-state index in [0.29, 0.717) is 5.92 Å². The molecule has 1 atom stereocenters. The molecule has 0 saturated heterocycles.